The third-order valence-corrected chi connectivity index (χ3v) is 4.46. The zero-order chi connectivity index (χ0) is 19.4. The number of nitrogens with two attached hydrogens (primary N) is 2. The number of aliphatic imine (C=N–C) groups is 1. The van der Waals surface area contributed by atoms with Crippen molar-refractivity contribution in [3.8, 4) is 5.75 Å². The molecule has 1 unspecified atom stereocenters. The van der Waals surface area contributed by atoms with Gasteiger partial charge in [-0.2, -0.15) is 0 Å². The second-order valence-electron chi connectivity index (χ2n) is 6.44. The summed E-state index contributed by atoms with van der Waals surface area (Å²) in [4.78, 5) is 16.4. The largest absolute Gasteiger partial charge is 0.508 e. The molecule has 0 fully saturated rings. The van der Waals surface area contributed by atoms with Crippen LogP contribution in [0.2, 0.25) is 0 Å². The summed E-state index contributed by atoms with van der Waals surface area (Å²) in [6, 6.07) is 12.9. The van der Waals surface area contributed by atoms with Crippen molar-refractivity contribution in [3.05, 3.63) is 70.4 Å². The third kappa shape index (κ3) is 4.11. The minimum absolute atomic E-state index is 0.103. The van der Waals surface area contributed by atoms with E-state index in [1.807, 2.05) is 45.0 Å². The monoisotopic (exact) mass is 351 g/mol. The van der Waals surface area contributed by atoms with Gasteiger partial charge in [0.1, 0.15) is 5.75 Å². The molecule has 0 spiro atoms. The molecule has 0 aliphatic heterocycles. The van der Waals surface area contributed by atoms with Gasteiger partial charge in [0.15, 0.2) is 0 Å². The normalized spacial score (nSPS) is 13.9. The molecule has 5 N–H and O–H groups in total. The lowest BCUT2D eigenvalue weighted by Crippen LogP contribution is -2.26. The Hall–Kier alpha value is -3.08. The molecule has 5 nitrogen and oxygen atoms in total. The van der Waals surface area contributed by atoms with Gasteiger partial charge in [-0.1, -0.05) is 30.3 Å². The van der Waals surface area contributed by atoms with E-state index in [-0.39, 0.29) is 11.4 Å². The van der Waals surface area contributed by atoms with Crippen LogP contribution in [-0.2, 0) is 4.79 Å². The number of primary amides is 1. The first kappa shape index (κ1) is 19.2. The van der Waals surface area contributed by atoms with Crippen LogP contribution in [-0.4, -0.2) is 16.7 Å². The summed E-state index contributed by atoms with van der Waals surface area (Å²) in [6.45, 7) is 7.44. The van der Waals surface area contributed by atoms with Crippen molar-refractivity contribution in [3.63, 3.8) is 0 Å². The lowest BCUT2D eigenvalue weighted by Gasteiger charge is -2.16. The van der Waals surface area contributed by atoms with E-state index in [0.29, 0.717) is 11.3 Å². The maximum absolute atomic E-state index is 11.6. The molecule has 0 aliphatic carbocycles. The van der Waals surface area contributed by atoms with Crippen LogP contribution in [0.1, 0.15) is 36.1 Å². The molecular weight excluding hydrogens is 326 g/mol. The molecule has 1 atom stereocenters. The number of amides is 1. The quantitative estimate of drug-likeness (QED) is 0.720. The molecule has 0 saturated carbocycles. The molecule has 0 heterocycles. The molecule has 0 bridgehead atoms. The number of carbonyl (C=O) groups excluding carboxylic acids is 1. The highest BCUT2D eigenvalue weighted by atomic mass is 16.3. The predicted octanol–water partition coefficient (Wildman–Crippen LogP) is 3.27. The highest BCUT2D eigenvalue weighted by molar-refractivity contribution is 6.03. The first-order chi connectivity index (χ1) is 12.2. The van der Waals surface area contributed by atoms with Crippen LogP contribution in [0.15, 0.2) is 53.2 Å². The molecule has 26 heavy (non-hydrogen) atoms. The van der Waals surface area contributed by atoms with Crippen molar-refractivity contribution in [1.82, 2.24) is 0 Å². The summed E-state index contributed by atoms with van der Waals surface area (Å²) >= 11 is 0. The average molecular weight is 351 g/mol. The van der Waals surface area contributed by atoms with Crippen LogP contribution in [0.4, 0.5) is 0 Å². The molecule has 0 aromatic heterocycles. The van der Waals surface area contributed by atoms with Crippen LogP contribution in [0.3, 0.4) is 0 Å². The number of rotatable bonds is 5. The molecule has 0 aliphatic rings. The van der Waals surface area contributed by atoms with Crippen molar-refractivity contribution in [1.29, 1.82) is 0 Å². The zero-order valence-electron chi connectivity index (χ0n) is 15.6. The average Bonchev–Trinajstić information content (AvgIpc) is 2.60. The van der Waals surface area contributed by atoms with E-state index in [1.54, 1.807) is 25.1 Å². The Morgan fingerprint density at radius 2 is 1.65 bits per heavy atom. The summed E-state index contributed by atoms with van der Waals surface area (Å²) in [5.74, 6) is -1.10. The number of aromatic hydroxyl groups is 1. The van der Waals surface area contributed by atoms with Gasteiger partial charge < -0.3 is 16.6 Å². The number of hydrogen-bond donors (Lipinski definition) is 3. The first-order valence-electron chi connectivity index (χ1n) is 8.42. The number of benzene rings is 2. The van der Waals surface area contributed by atoms with Crippen molar-refractivity contribution < 1.29 is 9.90 Å². The van der Waals surface area contributed by atoms with E-state index in [2.05, 4.69) is 0 Å². The summed E-state index contributed by atoms with van der Waals surface area (Å²) in [5, 5.41) is 9.91. The Morgan fingerprint density at radius 1 is 1.04 bits per heavy atom. The lowest BCUT2D eigenvalue weighted by atomic mass is 9.98. The Bertz CT molecular complexity index is 898. The number of nitrogens with zero attached hydrogens (tertiary/aromatic N) is 1. The minimum atomic E-state index is -0.680. The fraction of sp³-hybridized carbons (Fsp3) is 0.238. The van der Waals surface area contributed by atoms with Crippen molar-refractivity contribution in [2.45, 2.75) is 27.7 Å². The second kappa shape index (κ2) is 7.87. The van der Waals surface area contributed by atoms with E-state index in [9.17, 15) is 9.90 Å². The van der Waals surface area contributed by atoms with Gasteiger partial charge >= 0.3 is 0 Å². The van der Waals surface area contributed by atoms with Crippen LogP contribution in [0.25, 0.3) is 5.70 Å². The van der Waals surface area contributed by atoms with Gasteiger partial charge in [0, 0.05) is 17.0 Å². The molecule has 2 aromatic rings. The summed E-state index contributed by atoms with van der Waals surface area (Å²) in [5.41, 5.74) is 16.8. The Balaban J connectivity index is 2.71. The Morgan fingerprint density at radius 3 is 2.27 bits per heavy atom. The van der Waals surface area contributed by atoms with Gasteiger partial charge in [0.25, 0.3) is 0 Å². The number of phenolic OH excluding ortho intramolecular Hbond substituents is 1. The molecule has 2 aromatic carbocycles. The SMILES string of the molecule is CC(=N/C(=C(/N)C(C)C(N)=O)c1cc(O)ccc1C)c1ccccc1C. The van der Waals surface area contributed by atoms with Crippen molar-refractivity contribution in [2.24, 2.45) is 22.4 Å². The number of phenols is 1. The van der Waals surface area contributed by atoms with E-state index in [1.165, 1.54) is 0 Å². The maximum atomic E-state index is 11.6. The van der Waals surface area contributed by atoms with Gasteiger partial charge in [-0.25, -0.2) is 0 Å². The van der Waals surface area contributed by atoms with E-state index in [4.69, 9.17) is 16.5 Å². The summed E-state index contributed by atoms with van der Waals surface area (Å²) in [6.07, 6.45) is 0. The molecule has 0 saturated heterocycles. The van der Waals surface area contributed by atoms with E-state index < -0.39 is 11.8 Å². The number of aryl methyl sites for hydroxylation is 2. The topological polar surface area (TPSA) is 102 Å². The van der Waals surface area contributed by atoms with Gasteiger partial charge in [0.2, 0.25) is 5.91 Å². The standard InChI is InChI=1S/C21H25N3O2/c1-12-7-5-6-8-17(12)15(4)24-20(19(22)14(3)21(23)26)18-11-16(25)10-9-13(18)2/h5-11,14,25H,22H2,1-4H3,(H2,23,26)/b20-19+,24-15?. The van der Waals surface area contributed by atoms with Crippen molar-refractivity contribution >= 4 is 17.3 Å². The molecule has 0 radical (unpaired) electrons. The smallest absolute Gasteiger partial charge is 0.226 e. The van der Waals surface area contributed by atoms with Gasteiger partial charge in [-0.15, -0.1) is 0 Å². The first-order valence-corrected chi connectivity index (χ1v) is 8.42. The highest BCUT2D eigenvalue weighted by Gasteiger charge is 2.19. The molecule has 136 valence electrons. The predicted molar refractivity (Wildman–Crippen MR) is 106 cm³/mol. The summed E-state index contributed by atoms with van der Waals surface area (Å²) in [7, 11) is 0. The maximum Gasteiger partial charge on any atom is 0.226 e. The van der Waals surface area contributed by atoms with E-state index >= 15 is 0 Å². The zero-order valence-corrected chi connectivity index (χ0v) is 15.6. The van der Waals surface area contributed by atoms with Crippen molar-refractivity contribution in [2.75, 3.05) is 0 Å². The summed E-state index contributed by atoms with van der Waals surface area (Å²) < 4.78 is 0. The molecule has 5 heteroatoms. The minimum Gasteiger partial charge on any atom is -0.508 e. The number of hydrogen-bond acceptors (Lipinski definition) is 4. The van der Waals surface area contributed by atoms with Gasteiger partial charge in [-0.3, -0.25) is 9.79 Å². The van der Waals surface area contributed by atoms with Gasteiger partial charge in [-0.05, 0) is 56.5 Å². The fourth-order valence-corrected chi connectivity index (χ4v) is 2.71. The lowest BCUT2D eigenvalue weighted by molar-refractivity contribution is -0.120. The van der Waals surface area contributed by atoms with Crippen LogP contribution >= 0.6 is 0 Å². The highest BCUT2D eigenvalue weighted by Crippen LogP contribution is 2.29. The third-order valence-electron chi connectivity index (χ3n) is 4.46. The number of carbonyl (C=O) groups is 1. The van der Waals surface area contributed by atoms with Gasteiger partial charge in [0.05, 0.1) is 11.6 Å². The molecule has 1 amide bonds. The fourth-order valence-electron chi connectivity index (χ4n) is 2.71. The Kier molecular flexibility index (Phi) is 5.82. The van der Waals surface area contributed by atoms with Crippen LogP contribution < -0.4 is 11.5 Å². The van der Waals surface area contributed by atoms with E-state index in [0.717, 1.165) is 22.4 Å². The Labute approximate surface area is 154 Å². The second-order valence-corrected chi connectivity index (χ2v) is 6.44. The molecule has 2 rings (SSSR count). The van der Waals surface area contributed by atoms with Crippen LogP contribution in [0.5, 0.6) is 5.75 Å². The molecular formula is C21H25N3O2. The van der Waals surface area contributed by atoms with Crippen LogP contribution in [0, 0.1) is 19.8 Å².